The standard InChI is InChI=1S/C33H52O10/c1-19-10-9-11-26(35)28(39-7)17-25(34)18-41-32(38)23(5)16-21(3)14-20(2)15-22(4)27(13-12-19)43-33-30(37)29(36)31(40-8)24(6)42-33/h10,12-16,22,24-31,33-37H,9,11,17-18H2,1-8H3/b13-12+,19-10+,20-15+,21-14+,23-16+/t22-,24+,25+,26+,27-,28+,29+,30+,31+,33+/m1/s1. The smallest absolute Gasteiger partial charge is 0.333 e. The van der Waals surface area contributed by atoms with Crippen molar-refractivity contribution in [2.75, 3.05) is 20.8 Å². The number of hydrogen-bond donors (Lipinski definition) is 4. The third-order valence-electron chi connectivity index (χ3n) is 7.73. The van der Waals surface area contributed by atoms with Crippen molar-refractivity contribution in [2.24, 2.45) is 5.92 Å². The summed E-state index contributed by atoms with van der Waals surface area (Å²) in [5, 5.41) is 42.4. The van der Waals surface area contributed by atoms with Gasteiger partial charge in [-0.25, -0.2) is 4.79 Å². The Morgan fingerprint density at radius 1 is 0.907 bits per heavy atom. The predicted octanol–water partition coefficient (Wildman–Crippen LogP) is 3.29. The number of hydrogen-bond acceptors (Lipinski definition) is 10. The van der Waals surface area contributed by atoms with Gasteiger partial charge in [-0.3, -0.25) is 0 Å². The number of cyclic esters (lactones) is 1. The minimum atomic E-state index is -1.31. The maximum absolute atomic E-state index is 12.5. The molecule has 2 aliphatic rings. The minimum Gasteiger partial charge on any atom is -0.460 e. The lowest BCUT2D eigenvalue weighted by Gasteiger charge is -2.41. The number of aliphatic hydroxyl groups excluding tert-OH is 4. The van der Waals surface area contributed by atoms with Crippen molar-refractivity contribution in [3.63, 3.8) is 0 Å². The Morgan fingerprint density at radius 3 is 2.26 bits per heavy atom. The molecular formula is C33H52O10. The summed E-state index contributed by atoms with van der Waals surface area (Å²) >= 11 is 0. The number of ether oxygens (including phenoxy) is 5. The molecular weight excluding hydrogens is 556 g/mol. The van der Waals surface area contributed by atoms with Crippen LogP contribution >= 0.6 is 0 Å². The van der Waals surface area contributed by atoms with E-state index in [4.69, 9.17) is 23.7 Å². The molecule has 0 aromatic rings. The first-order valence-corrected chi connectivity index (χ1v) is 14.9. The molecule has 0 saturated carbocycles. The van der Waals surface area contributed by atoms with Crippen LogP contribution < -0.4 is 0 Å². The molecule has 2 aliphatic heterocycles. The average molecular weight is 609 g/mol. The Kier molecular flexibility index (Phi) is 15.5. The summed E-state index contributed by atoms with van der Waals surface area (Å²) in [6.07, 6.45) is 4.81. The number of rotatable bonds is 4. The first kappa shape index (κ1) is 37.0. The van der Waals surface area contributed by atoms with Crippen LogP contribution in [0, 0.1) is 5.92 Å². The second-order valence-electron chi connectivity index (χ2n) is 11.7. The Bertz CT molecular complexity index is 1040. The molecule has 0 aromatic carbocycles. The molecule has 0 bridgehead atoms. The minimum absolute atomic E-state index is 0.115. The van der Waals surface area contributed by atoms with Crippen molar-refractivity contribution in [1.29, 1.82) is 0 Å². The second kappa shape index (κ2) is 18.0. The van der Waals surface area contributed by atoms with Crippen LogP contribution in [0.15, 0.2) is 58.7 Å². The lowest BCUT2D eigenvalue weighted by molar-refractivity contribution is -0.305. The zero-order valence-corrected chi connectivity index (χ0v) is 26.8. The SMILES string of the molecule is CO[C@@H]1[C@@H](O)[C@H](O)[C@H](O[C@@H]2/C=C/C(C)=C/CC[C@H](O)[C@@H](OC)C[C@H](O)COC(=O)/C(C)=C/C(C)=C/C(C)=C/[C@H]2C)O[C@H]1C. The first-order chi connectivity index (χ1) is 20.3. The van der Waals surface area contributed by atoms with Crippen molar-refractivity contribution in [3.8, 4) is 0 Å². The molecule has 10 heteroatoms. The fourth-order valence-corrected chi connectivity index (χ4v) is 5.32. The molecule has 10 atom stereocenters. The monoisotopic (exact) mass is 608 g/mol. The number of carbonyl (C=O) groups excluding carboxylic acids is 1. The lowest BCUT2D eigenvalue weighted by atomic mass is 9.97. The summed E-state index contributed by atoms with van der Waals surface area (Å²) in [4.78, 5) is 12.5. The molecule has 0 spiro atoms. The van der Waals surface area contributed by atoms with Crippen LogP contribution in [0.4, 0.5) is 0 Å². The largest absolute Gasteiger partial charge is 0.460 e. The molecule has 2 rings (SSSR count). The van der Waals surface area contributed by atoms with Gasteiger partial charge in [-0.05, 0) is 53.5 Å². The highest BCUT2D eigenvalue weighted by Gasteiger charge is 2.44. The van der Waals surface area contributed by atoms with Gasteiger partial charge in [0.25, 0.3) is 0 Å². The molecule has 0 amide bonds. The third-order valence-corrected chi connectivity index (χ3v) is 7.73. The third kappa shape index (κ3) is 11.7. The second-order valence-corrected chi connectivity index (χ2v) is 11.7. The maximum Gasteiger partial charge on any atom is 0.333 e. The van der Waals surface area contributed by atoms with Crippen LogP contribution in [0.1, 0.15) is 60.8 Å². The number of methoxy groups -OCH3 is 2. The highest BCUT2D eigenvalue weighted by molar-refractivity contribution is 5.88. The van der Waals surface area contributed by atoms with E-state index in [0.29, 0.717) is 18.4 Å². The van der Waals surface area contributed by atoms with E-state index in [0.717, 1.165) is 16.7 Å². The van der Waals surface area contributed by atoms with Crippen molar-refractivity contribution in [2.45, 2.75) is 116 Å². The van der Waals surface area contributed by atoms with Crippen LogP contribution in [0.2, 0.25) is 0 Å². The molecule has 0 aromatic heterocycles. The molecule has 0 unspecified atom stereocenters. The van der Waals surface area contributed by atoms with Crippen LogP contribution in [0.25, 0.3) is 0 Å². The van der Waals surface area contributed by atoms with E-state index in [1.54, 1.807) is 19.9 Å². The Morgan fingerprint density at radius 2 is 1.60 bits per heavy atom. The molecule has 0 radical (unpaired) electrons. The van der Waals surface area contributed by atoms with Crippen LogP contribution in [-0.2, 0) is 28.5 Å². The summed E-state index contributed by atoms with van der Waals surface area (Å²) in [6, 6.07) is 0. The first-order valence-electron chi connectivity index (χ1n) is 14.9. The van der Waals surface area contributed by atoms with Gasteiger partial charge in [-0.15, -0.1) is 0 Å². The molecule has 43 heavy (non-hydrogen) atoms. The van der Waals surface area contributed by atoms with Crippen molar-refractivity contribution >= 4 is 5.97 Å². The summed E-state index contributed by atoms with van der Waals surface area (Å²) in [5.41, 5.74) is 3.07. The van der Waals surface area contributed by atoms with Gasteiger partial charge in [0.05, 0.1) is 30.5 Å². The topological polar surface area (TPSA) is 144 Å². The van der Waals surface area contributed by atoms with E-state index in [2.05, 4.69) is 0 Å². The quantitative estimate of drug-likeness (QED) is 0.351. The van der Waals surface area contributed by atoms with Crippen LogP contribution in [-0.4, -0.2) is 102 Å². The predicted molar refractivity (Wildman–Crippen MR) is 163 cm³/mol. The van der Waals surface area contributed by atoms with Gasteiger partial charge in [-0.1, -0.05) is 54.0 Å². The summed E-state index contributed by atoms with van der Waals surface area (Å²) in [6.45, 7) is 10.9. The molecule has 4 N–H and O–H groups in total. The van der Waals surface area contributed by atoms with E-state index in [-0.39, 0.29) is 18.9 Å². The summed E-state index contributed by atoms with van der Waals surface area (Å²) in [7, 11) is 2.93. The van der Waals surface area contributed by atoms with Gasteiger partial charge in [0, 0.05) is 32.1 Å². The van der Waals surface area contributed by atoms with E-state index in [1.807, 2.05) is 58.1 Å². The van der Waals surface area contributed by atoms with Crippen LogP contribution in [0.3, 0.4) is 0 Å². The average Bonchev–Trinajstić information content (AvgIpc) is 2.94. The van der Waals surface area contributed by atoms with E-state index in [9.17, 15) is 25.2 Å². The zero-order valence-electron chi connectivity index (χ0n) is 26.8. The fourth-order valence-electron chi connectivity index (χ4n) is 5.32. The number of carbonyl (C=O) groups is 1. The summed E-state index contributed by atoms with van der Waals surface area (Å²) < 4.78 is 28.2. The Hall–Kier alpha value is -2.15. The number of allylic oxidation sites excluding steroid dienone is 7. The van der Waals surface area contributed by atoms with Crippen LogP contribution in [0.5, 0.6) is 0 Å². The number of aliphatic hydroxyl groups is 4. The van der Waals surface area contributed by atoms with Crippen molar-refractivity contribution in [1.82, 2.24) is 0 Å². The lowest BCUT2D eigenvalue weighted by Crippen LogP contribution is -2.58. The highest BCUT2D eigenvalue weighted by atomic mass is 16.7. The molecule has 1 saturated heterocycles. The van der Waals surface area contributed by atoms with E-state index >= 15 is 0 Å². The fraction of sp³-hybridized carbons (Fsp3) is 0.667. The molecule has 2 heterocycles. The van der Waals surface area contributed by atoms with Gasteiger partial charge >= 0.3 is 5.97 Å². The maximum atomic E-state index is 12.5. The van der Waals surface area contributed by atoms with Gasteiger partial charge in [0.15, 0.2) is 6.29 Å². The summed E-state index contributed by atoms with van der Waals surface area (Å²) in [5.74, 6) is -0.717. The van der Waals surface area contributed by atoms with Gasteiger partial charge < -0.3 is 44.1 Å². The van der Waals surface area contributed by atoms with Gasteiger partial charge in [0.1, 0.15) is 24.9 Å². The normalized spacial score (nSPS) is 42.0. The van der Waals surface area contributed by atoms with Gasteiger partial charge in [-0.2, -0.15) is 0 Å². The van der Waals surface area contributed by atoms with E-state index < -0.39 is 61.1 Å². The van der Waals surface area contributed by atoms with E-state index in [1.165, 1.54) is 14.2 Å². The van der Waals surface area contributed by atoms with Crippen molar-refractivity contribution < 1.29 is 48.9 Å². The molecule has 0 aliphatic carbocycles. The number of esters is 1. The Labute approximate surface area is 256 Å². The molecule has 1 fully saturated rings. The highest BCUT2D eigenvalue weighted by Crippen LogP contribution is 2.27. The molecule has 244 valence electrons. The van der Waals surface area contributed by atoms with Gasteiger partial charge in [0.2, 0.25) is 0 Å². The van der Waals surface area contributed by atoms with Crippen molar-refractivity contribution in [3.05, 3.63) is 58.7 Å². The molecule has 10 nitrogen and oxygen atoms in total. The Balaban J connectivity index is 2.40. The zero-order chi connectivity index (χ0) is 32.3.